The van der Waals surface area contributed by atoms with E-state index in [9.17, 15) is 22.7 Å². The average Bonchev–Trinajstić information content (AvgIpc) is 3.63. The Balaban J connectivity index is 1.36. The van der Waals surface area contributed by atoms with Crippen LogP contribution in [0.25, 0.3) is 0 Å². The molecule has 2 atom stereocenters. The number of benzene rings is 1. The minimum atomic E-state index is -3.61. The number of nitriles is 1. The van der Waals surface area contributed by atoms with Gasteiger partial charge in [0, 0.05) is 17.6 Å². The summed E-state index contributed by atoms with van der Waals surface area (Å²) in [6.45, 7) is 2.20. The molecule has 5 rings (SSSR count). The van der Waals surface area contributed by atoms with Crippen LogP contribution >= 0.6 is 0 Å². The Labute approximate surface area is 226 Å². The lowest BCUT2D eigenvalue weighted by Gasteiger charge is -2.35. The van der Waals surface area contributed by atoms with E-state index in [1.54, 1.807) is 19.2 Å². The molecule has 0 radical (unpaired) electrons. The second kappa shape index (κ2) is 10.6. The molecule has 0 spiro atoms. The summed E-state index contributed by atoms with van der Waals surface area (Å²) in [7, 11) is -7.14. The van der Waals surface area contributed by atoms with Crippen LogP contribution in [0.5, 0.6) is 0 Å². The first-order chi connectivity index (χ1) is 18.2. The summed E-state index contributed by atoms with van der Waals surface area (Å²) in [5, 5.41) is 13.0. The Morgan fingerprint density at radius 3 is 2.34 bits per heavy atom. The Morgan fingerprint density at radius 2 is 1.71 bits per heavy atom. The molecule has 4 aliphatic rings. The molecule has 1 unspecified atom stereocenters. The van der Waals surface area contributed by atoms with Gasteiger partial charge >= 0.3 is 6.03 Å². The predicted molar refractivity (Wildman–Crippen MR) is 148 cm³/mol. The van der Waals surface area contributed by atoms with Crippen LogP contribution in [0.1, 0.15) is 87.0 Å². The van der Waals surface area contributed by atoms with Gasteiger partial charge in [0.25, 0.3) is 0 Å². The van der Waals surface area contributed by atoms with Crippen LogP contribution < -0.4 is 10.0 Å². The van der Waals surface area contributed by atoms with Crippen LogP contribution in [0.4, 0.5) is 10.5 Å². The number of rotatable bonds is 6. The Morgan fingerprint density at radius 1 is 1.05 bits per heavy atom. The molecule has 3 aliphatic carbocycles. The molecule has 206 valence electrons. The van der Waals surface area contributed by atoms with E-state index in [4.69, 9.17) is 0 Å². The molecule has 1 heterocycles. The number of aryl methyl sites for hydroxylation is 2. The number of hydrogen-bond acceptors (Lipinski definition) is 6. The maximum absolute atomic E-state index is 13.6. The highest BCUT2D eigenvalue weighted by atomic mass is 32.2. The van der Waals surface area contributed by atoms with Crippen molar-refractivity contribution in [3.8, 4) is 6.19 Å². The molecular weight excluding hydrogens is 522 g/mol. The minimum Gasteiger partial charge on any atom is -0.307 e. The van der Waals surface area contributed by atoms with Gasteiger partial charge in [-0.05, 0) is 93.4 Å². The number of amides is 2. The zero-order valence-corrected chi connectivity index (χ0v) is 23.6. The number of urea groups is 1. The van der Waals surface area contributed by atoms with E-state index in [-0.39, 0.29) is 0 Å². The number of carbonyl (C=O) groups is 1. The highest BCUT2D eigenvalue weighted by Gasteiger charge is 2.45. The molecule has 1 aliphatic heterocycles. The molecule has 1 aromatic carbocycles. The lowest BCUT2D eigenvalue weighted by molar-refractivity contribution is 0.257. The number of carbonyl (C=O) groups excluding carboxylic acids is 1. The maximum atomic E-state index is 13.6. The van der Waals surface area contributed by atoms with E-state index in [0.717, 1.165) is 74.6 Å². The molecule has 2 N–H and O–H groups in total. The van der Waals surface area contributed by atoms with Gasteiger partial charge in [-0.15, -0.1) is 0 Å². The highest BCUT2D eigenvalue weighted by molar-refractivity contribution is 7.95. The van der Waals surface area contributed by atoms with Gasteiger partial charge in [-0.25, -0.2) is 22.1 Å². The van der Waals surface area contributed by atoms with Gasteiger partial charge in [0.05, 0.1) is 10.8 Å². The fraction of sp³-hybridized carbons (Fsp3) is 0.630. The quantitative estimate of drug-likeness (QED) is 0.489. The molecule has 0 bridgehead atoms. The van der Waals surface area contributed by atoms with Gasteiger partial charge in [0.1, 0.15) is 0 Å². The zero-order chi connectivity index (χ0) is 27.0. The van der Waals surface area contributed by atoms with Gasteiger partial charge in [0.15, 0.2) is 9.92 Å². The van der Waals surface area contributed by atoms with Crippen molar-refractivity contribution in [3.05, 3.63) is 39.8 Å². The highest BCUT2D eigenvalue weighted by Crippen LogP contribution is 2.39. The topological polar surface area (TPSA) is 132 Å². The van der Waals surface area contributed by atoms with Crippen molar-refractivity contribution >= 4 is 31.7 Å². The SMILES string of the molecule is C[C@]1(/C=C/S(=O)(=NC#N)NC(=O)Nc2c3c(cc4c2CCC4)CCC3)CCCN1S(=O)(=O)C1CCCCC1. The largest absolute Gasteiger partial charge is 0.331 e. The van der Waals surface area contributed by atoms with Gasteiger partial charge < -0.3 is 5.32 Å². The summed E-state index contributed by atoms with van der Waals surface area (Å²) in [5.41, 5.74) is 4.71. The van der Waals surface area contributed by atoms with Crippen LogP contribution in [-0.4, -0.2) is 40.3 Å². The minimum absolute atomic E-state index is 0.395. The van der Waals surface area contributed by atoms with Crippen molar-refractivity contribution in [2.45, 2.75) is 101 Å². The summed E-state index contributed by atoms with van der Waals surface area (Å²) in [5.74, 6) is 0. The fourth-order valence-corrected chi connectivity index (χ4v) is 10.2. The van der Waals surface area contributed by atoms with Crippen LogP contribution in [0, 0.1) is 11.5 Å². The molecule has 11 heteroatoms. The zero-order valence-electron chi connectivity index (χ0n) is 22.0. The number of nitrogens with zero attached hydrogens (tertiary/aromatic N) is 3. The number of fused-ring (bicyclic) bond motifs is 2. The van der Waals surface area contributed by atoms with E-state index in [1.165, 1.54) is 20.8 Å². The first kappa shape index (κ1) is 27.2. The number of nitrogens with one attached hydrogen (secondary N) is 2. The summed E-state index contributed by atoms with van der Waals surface area (Å²) >= 11 is 0. The van der Waals surface area contributed by atoms with E-state index < -0.39 is 36.8 Å². The average molecular weight is 560 g/mol. The molecule has 9 nitrogen and oxygen atoms in total. The molecule has 2 amide bonds. The molecule has 1 aromatic rings. The summed E-state index contributed by atoms with van der Waals surface area (Å²) in [4.78, 5) is 13.1. The predicted octanol–water partition coefficient (Wildman–Crippen LogP) is 4.68. The third kappa shape index (κ3) is 5.23. The number of hydrogen-bond donors (Lipinski definition) is 2. The first-order valence-corrected chi connectivity index (χ1v) is 16.8. The van der Waals surface area contributed by atoms with Crippen molar-refractivity contribution in [2.24, 2.45) is 4.36 Å². The molecule has 38 heavy (non-hydrogen) atoms. The Hall–Kier alpha value is -2.42. The summed E-state index contributed by atoms with van der Waals surface area (Å²) in [6.07, 6.45) is 14.4. The van der Waals surface area contributed by atoms with Gasteiger partial charge in [0.2, 0.25) is 16.2 Å². The van der Waals surface area contributed by atoms with Crippen molar-refractivity contribution in [2.75, 3.05) is 11.9 Å². The van der Waals surface area contributed by atoms with Crippen molar-refractivity contribution in [1.82, 2.24) is 9.03 Å². The monoisotopic (exact) mass is 559 g/mol. The number of sulfonamides is 1. The standard InChI is InChI=1S/C27H37N5O4S2/c1-27(14-7-16-32(27)38(35,36)22-10-3-2-4-11-22)15-17-37(34,29-19-28)31-26(33)30-25-23-12-5-8-20(23)18-21-9-6-13-24(21)25/h15,17-18,22H,2-14,16H2,1H3,(H2,29,30,31,33,34)/b17-15+/t27-,37?/m1/s1. The van der Waals surface area contributed by atoms with Gasteiger partial charge in [-0.2, -0.15) is 9.57 Å². The molecule has 1 saturated heterocycles. The molecular formula is C27H37N5O4S2. The van der Waals surface area contributed by atoms with Gasteiger partial charge in [-0.1, -0.05) is 35.8 Å². The van der Waals surface area contributed by atoms with E-state index in [0.29, 0.717) is 32.2 Å². The van der Waals surface area contributed by atoms with Crippen molar-refractivity contribution in [1.29, 1.82) is 5.26 Å². The molecule has 2 fully saturated rings. The van der Waals surface area contributed by atoms with Crippen molar-refractivity contribution in [3.63, 3.8) is 0 Å². The molecule has 1 saturated carbocycles. The molecule has 0 aromatic heterocycles. The summed E-state index contributed by atoms with van der Waals surface area (Å²) in [6, 6.07) is 1.58. The second-order valence-corrected chi connectivity index (χ2v) is 15.1. The van der Waals surface area contributed by atoms with Gasteiger partial charge in [-0.3, -0.25) is 0 Å². The normalized spacial score (nSPS) is 25.5. The Kier molecular flexibility index (Phi) is 7.59. The van der Waals surface area contributed by atoms with E-state index in [2.05, 4.69) is 20.5 Å². The summed E-state index contributed by atoms with van der Waals surface area (Å²) < 4.78 is 48.1. The number of anilines is 1. The van der Waals surface area contributed by atoms with E-state index >= 15 is 0 Å². The Bertz CT molecular complexity index is 1380. The maximum Gasteiger partial charge on any atom is 0.331 e. The van der Waals surface area contributed by atoms with Crippen LogP contribution in [-0.2, 0) is 45.6 Å². The van der Waals surface area contributed by atoms with E-state index in [1.807, 2.05) is 0 Å². The van der Waals surface area contributed by atoms with Crippen LogP contribution in [0.2, 0.25) is 0 Å². The smallest absolute Gasteiger partial charge is 0.307 e. The second-order valence-electron chi connectivity index (χ2n) is 11.2. The van der Waals surface area contributed by atoms with Crippen LogP contribution in [0.15, 0.2) is 21.9 Å². The lowest BCUT2D eigenvalue weighted by Crippen LogP contribution is -2.48. The van der Waals surface area contributed by atoms with Crippen LogP contribution in [0.3, 0.4) is 0 Å². The third-order valence-electron chi connectivity index (χ3n) is 8.63. The van der Waals surface area contributed by atoms with Crippen molar-refractivity contribution < 1.29 is 17.4 Å². The fourth-order valence-electron chi connectivity index (χ4n) is 6.71. The third-order valence-corrected chi connectivity index (χ3v) is 12.5. The lowest BCUT2D eigenvalue weighted by atomic mass is 9.99. The first-order valence-electron chi connectivity index (χ1n) is 13.8.